The summed E-state index contributed by atoms with van der Waals surface area (Å²) in [5.74, 6) is 1.03. The molecule has 0 saturated carbocycles. The van der Waals surface area contributed by atoms with Crippen molar-refractivity contribution in [1.82, 2.24) is 34.6 Å². The van der Waals surface area contributed by atoms with Crippen molar-refractivity contribution in [1.29, 1.82) is 0 Å². The molecular weight excluding hydrogens is 438 g/mol. The molecule has 3 aromatic heterocycles. The van der Waals surface area contributed by atoms with E-state index < -0.39 is 8.07 Å². The number of fused-ring (bicyclic) bond motifs is 1. The molecule has 33 heavy (non-hydrogen) atoms. The first kappa shape index (κ1) is 23.1. The van der Waals surface area contributed by atoms with Gasteiger partial charge in [0.15, 0.2) is 11.5 Å². The Labute approximate surface area is 194 Å². The van der Waals surface area contributed by atoms with E-state index >= 15 is 0 Å². The first-order valence-corrected chi connectivity index (χ1v) is 14.9. The van der Waals surface area contributed by atoms with E-state index in [9.17, 15) is 4.79 Å². The van der Waals surface area contributed by atoms with Crippen LogP contribution in [0.2, 0.25) is 25.7 Å². The predicted molar refractivity (Wildman–Crippen MR) is 127 cm³/mol. The van der Waals surface area contributed by atoms with Gasteiger partial charge in [-0.25, -0.2) is 15.0 Å². The Morgan fingerprint density at radius 3 is 2.76 bits per heavy atom. The fraction of sp³-hybridized carbons (Fsp3) is 0.500. The highest BCUT2D eigenvalue weighted by molar-refractivity contribution is 6.76. The lowest BCUT2D eigenvalue weighted by molar-refractivity contribution is -0.127. The molecule has 0 unspecified atom stereocenters. The number of hydrogen-bond acceptors (Lipinski definition) is 7. The van der Waals surface area contributed by atoms with Gasteiger partial charge in [-0.15, -0.1) is 0 Å². The zero-order chi connectivity index (χ0) is 23.4. The molecule has 176 valence electrons. The summed E-state index contributed by atoms with van der Waals surface area (Å²) in [6, 6.07) is 1.10. The fourth-order valence-corrected chi connectivity index (χ4v) is 4.49. The van der Waals surface area contributed by atoms with Crippen LogP contribution in [0.1, 0.15) is 12.8 Å². The van der Waals surface area contributed by atoms with E-state index in [0.717, 1.165) is 24.4 Å². The second kappa shape index (κ2) is 9.83. The van der Waals surface area contributed by atoms with Crippen LogP contribution in [0.3, 0.4) is 0 Å². The minimum absolute atomic E-state index is 0.0219. The lowest BCUT2D eigenvalue weighted by atomic mass is 10.1. The summed E-state index contributed by atoms with van der Waals surface area (Å²) >= 11 is 0. The van der Waals surface area contributed by atoms with Crippen molar-refractivity contribution in [3.63, 3.8) is 0 Å². The number of H-pyrrole nitrogens is 1. The highest BCUT2D eigenvalue weighted by Crippen LogP contribution is 2.28. The molecule has 0 spiro atoms. The molecule has 1 aliphatic rings. The number of piperidine rings is 1. The number of aromatic nitrogens is 6. The molecule has 4 heterocycles. The smallest absolute Gasteiger partial charge is 0.245 e. The van der Waals surface area contributed by atoms with Crippen molar-refractivity contribution in [3.05, 3.63) is 31.4 Å². The Kier molecular flexibility index (Phi) is 6.89. The van der Waals surface area contributed by atoms with E-state index in [1.807, 2.05) is 10.8 Å². The summed E-state index contributed by atoms with van der Waals surface area (Å²) in [5.41, 5.74) is 2.17. The zero-order valence-electron chi connectivity index (χ0n) is 19.5. The van der Waals surface area contributed by atoms with Gasteiger partial charge in [-0.05, 0) is 12.1 Å². The van der Waals surface area contributed by atoms with Gasteiger partial charge in [0.1, 0.15) is 24.7 Å². The van der Waals surface area contributed by atoms with Crippen LogP contribution < -0.4 is 4.74 Å². The number of rotatable bonds is 9. The van der Waals surface area contributed by atoms with Gasteiger partial charge in [-0.2, -0.15) is 5.10 Å². The molecule has 0 atom stereocenters. The number of carbonyl (C=O) groups excluding carboxylic acids is 1. The van der Waals surface area contributed by atoms with Crippen LogP contribution in [0.5, 0.6) is 5.88 Å². The summed E-state index contributed by atoms with van der Waals surface area (Å²) in [6.45, 7) is 12.9. The van der Waals surface area contributed by atoms with E-state index in [4.69, 9.17) is 14.5 Å². The van der Waals surface area contributed by atoms with Crippen LogP contribution in [-0.4, -0.2) is 74.4 Å². The summed E-state index contributed by atoms with van der Waals surface area (Å²) < 4.78 is 14.0. The predicted octanol–water partition coefficient (Wildman–Crippen LogP) is 3.08. The van der Waals surface area contributed by atoms with Crippen LogP contribution in [0, 0.1) is 0 Å². The number of nitrogens with one attached hydrogen (secondary N) is 1. The molecule has 1 amide bonds. The molecule has 0 aliphatic carbocycles. The maximum Gasteiger partial charge on any atom is 0.245 e. The molecule has 0 radical (unpaired) electrons. The molecule has 1 aliphatic heterocycles. The molecule has 10 nitrogen and oxygen atoms in total. The van der Waals surface area contributed by atoms with Gasteiger partial charge in [-0.3, -0.25) is 9.89 Å². The number of amides is 1. The number of nitrogens with zero attached hydrogens (tertiary/aromatic N) is 6. The third-order valence-electron chi connectivity index (χ3n) is 5.66. The van der Waals surface area contributed by atoms with Crippen molar-refractivity contribution in [3.8, 4) is 17.3 Å². The number of carbonyl (C=O) groups is 1. The number of hydrogen-bond donors (Lipinski definition) is 1. The molecule has 1 saturated heterocycles. The van der Waals surface area contributed by atoms with Crippen molar-refractivity contribution in [2.45, 2.75) is 51.4 Å². The average molecular weight is 470 g/mol. The second-order valence-electron chi connectivity index (χ2n) is 9.42. The molecule has 1 N–H and O–H groups in total. The van der Waals surface area contributed by atoms with E-state index in [2.05, 4.69) is 46.4 Å². The molecule has 4 rings (SSSR count). The van der Waals surface area contributed by atoms with Gasteiger partial charge < -0.3 is 18.9 Å². The number of ether oxygens (including phenoxy) is 2. The Balaban J connectivity index is 1.50. The maximum absolute atomic E-state index is 11.8. The lowest BCUT2D eigenvalue weighted by Crippen LogP contribution is -2.41. The van der Waals surface area contributed by atoms with E-state index in [-0.39, 0.29) is 12.0 Å². The van der Waals surface area contributed by atoms with Crippen molar-refractivity contribution in [2.24, 2.45) is 0 Å². The normalized spacial score (nSPS) is 15.2. The summed E-state index contributed by atoms with van der Waals surface area (Å²) in [4.78, 5) is 27.2. The van der Waals surface area contributed by atoms with Crippen molar-refractivity contribution < 1.29 is 14.3 Å². The van der Waals surface area contributed by atoms with E-state index in [1.165, 1.54) is 12.4 Å². The third-order valence-corrected chi connectivity index (χ3v) is 7.36. The standard InChI is InChI=1S/C22H31N7O3Si/c1-5-19(30)28-8-6-16(7-9-28)32-18-12-23-22-20(26-18)17(21-24-14-25-27-21)13-29(22)15-31-10-11-33(2,3)4/h5,12-14,16H,1,6-11,15H2,2-4H3,(H,24,25,27). The summed E-state index contributed by atoms with van der Waals surface area (Å²) in [6.07, 6.45) is 7.85. The van der Waals surface area contributed by atoms with Gasteiger partial charge in [0.25, 0.3) is 0 Å². The van der Waals surface area contributed by atoms with Gasteiger partial charge >= 0.3 is 0 Å². The third kappa shape index (κ3) is 5.66. The van der Waals surface area contributed by atoms with E-state index in [0.29, 0.717) is 49.3 Å². The molecule has 0 bridgehead atoms. The molecule has 1 fully saturated rings. The van der Waals surface area contributed by atoms with Gasteiger partial charge in [0.2, 0.25) is 11.8 Å². The first-order chi connectivity index (χ1) is 15.8. The Bertz CT molecular complexity index is 1100. The average Bonchev–Trinajstić information content (AvgIpc) is 3.44. The Morgan fingerprint density at radius 2 is 2.09 bits per heavy atom. The number of aromatic amines is 1. The lowest BCUT2D eigenvalue weighted by Gasteiger charge is -2.31. The topological polar surface area (TPSA) is 111 Å². The van der Waals surface area contributed by atoms with Crippen molar-refractivity contribution >= 4 is 25.1 Å². The number of likely N-dealkylation sites (tertiary alicyclic amines) is 1. The van der Waals surface area contributed by atoms with Crippen LogP contribution >= 0.6 is 0 Å². The SMILES string of the molecule is C=CC(=O)N1CCC(Oc2cnc3c(n2)c(-c2ncn[nH]2)cn3COCC[Si](C)(C)C)CC1. The van der Waals surface area contributed by atoms with E-state index in [1.54, 1.807) is 11.1 Å². The minimum Gasteiger partial charge on any atom is -0.473 e. The van der Waals surface area contributed by atoms with Crippen LogP contribution in [0.15, 0.2) is 31.4 Å². The van der Waals surface area contributed by atoms with Crippen LogP contribution in [0.4, 0.5) is 0 Å². The van der Waals surface area contributed by atoms with Crippen molar-refractivity contribution in [2.75, 3.05) is 19.7 Å². The highest BCUT2D eigenvalue weighted by atomic mass is 28.3. The second-order valence-corrected chi connectivity index (χ2v) is 15.0. The fourth-order valence-electron chi connectivity index (χ4n) is 3.73. The van der Waals surface area contributed by atoms with Gasteiger partial charge in [0.05, 0.1) is 11.8 Å². The first-order valence-electron chi connectivity index (χ1n) is 11.2. The monoisotopic (exact) mass is 469 g/mol. The Morgan fingerprint density at radius 1 is 1.30 bits per heavy atom. The Hall–Kier alpha value is -3.05. The minimum atomic E-state index is -1.16. The summed E-state index contributed by atoms with van der Waals surface area (Å²) in [5, 5.41) is 6.87. The van der Waals surface area contributed by atoms with Gasteiger partial charge in [0, 0.05) is 46.8 Å². The van der Waals surface area contributed by atoms with Gasteiger partial charge in [-0.1, -0.05) is 26.2 Å². The molecule has 3 aromatic rings. The molecule has 0 aromatic carbocycles. The zero-order valence-corrected chi connectivity index (χ0v) is 20.5. The largest absolute Gasteiger partial charge is 0.473 e. The quantitative estimate of drug-likeness (QED) is 0.291. The summed E-state index contributed by atoms with van der Waals surface area (Å²) in [7, 11) is -1.16. The van der Waals surface area contributed by atoms with Crippen LogP contribution in [0.25, 0.3) is 22.6 Å². The van der Waals surface area contributed by atoms with Crippen LogP contribution in [-0.2, 0) is 16.3 Å². The maximum atomic E-state index is 11.8. The molecule has 11 heteroatoms. The molecular formula is C22H31N7O3Si. The highest BCUT2D eigenvalue weighted by Gasteiger charge is 2.24.